The van der Waals surface area contributed by atoms with Crippen LogP contribution in [0.3, 0.4) is 0 Å². The van der Waals surface area contributed by atoms with Gasteiger partial charge in [0.05, 0.1) is 0 Å². The lowest BCUT2D eigenvalue weighted by Crippen LogP contribution is -2.36. The van der Waals surface area contributed by atoms with Gasteiger partial charge in [-0.15, -0.1) is 0 Å². The van der Waals surface area contributed by atoms with Crippen molar-refractivity contribution in [2.75, 3.05) is 6.54 Å². The molecule has 0 aliphatic carbocycles. The Hall–Kier alpha value is -0.420. The van der Waals surface area contributed by atoms with Gasteiger partial charge in [0, 0.05) is 6.42 Å². The summed E-state index contributed by atoms with van der Waals surface area (Å²) in [6.07, 6.45) is 21.5. The van der Waals surface area contributed by atoms with E-state index in [1.807, 2.05) is 0 Å². The molecule has 0 aliphatic heterocycles. The highest BCUT2D eigenvalue weighted by atomic mass is 16.3. The molecule has 0 aromatic heterocycles. The maximum absolute atomic E-state index is 9.49. The van der Waals surface area contributed by atoms with Gasteiger partial charge >= 0.3 is 0 Å². The normalized spacial score (nSPS) is 14.2. The van der Waals surface area contributed by atoms with Crippen LogP contribution in [0.25, 0.3) is 0 Å². The zero-order chi connectivity index (χ0) is 18.6. The Kier molecular flexibility index (Phi) is 19.6. The SMILES string of the molecule is CCCCCCCC/C=C\CCCCCCCCNC(O)CC(N)O. The number of nitrogens with one attached hydrogen (secondary N) is 1. The first-order valence-electron chi connectivity index (χ1n) is 10.7. The van der Waals surface area contributed by atoms with E-state index < -0.39 is 12.5 Å². The smallest absolute Gasteiger partial charge is 0.108 e. The highest BCUT2D eigenvalue weighted by Crippen LogP contribution is 2.09. The summed E-state index contributed by atoms with van der Waals surface area (Å²) in [6, 6.07) is 0. The van der Waals surface area contributed by atoms with Crippen molar-refractivity contribution in [2.24, 2.45) is 5.73 Å². The molecule has 0 fully saturated rings. The number of nitrogens with two attached hydrogens (primary N) is 1. The third-order valence-corrected chi connectivity index (χ3v) is 4.53. The molecule has 0 bridgehead atoms. The monoisotopic (exact) mass is 356 g/mol. The molecule has 5 N–H and O–H groups in total. The minimum absolute atomic E-state index is 0.187. The molecule has 0 spiro atoms. The van der Waals surface area contributed by atoms with Crippen molar-refractivity contribution >= 4 is 0 Å². The van der Waals surface area contributed by atoms with E-state index in [1.54, 1.807) is 0 Å². The number of unbranched alkanes of at least 4 members (excludes halogenated alkanes) is 12. The average molecular weight is 357 g/mol. The van der Waals surface area contributed by atoms with Crippen molar-refractivity contribution in [3.63, 3.8) is 0 Å². The zero-order valence-corrected chi connectivity index (χ0v) is 16.6. The summed E-state index contributed by atoms with van der Waals surface area (Å²) in [4.78, 5) is 0. The van der Waals surface area contributed by atoms with Gasteiger partial charge in [0.1, 0.15) is 12.5 Å². The van der Waals surface area contributed by atoms with Crippen LogP contribution in [-0.4, -0.2) is 29.2 Å². The number of hydrogen-bond donors (Lipinski definition) is 4. The number of allylic oxidation sites excluding steroid dienone is 2. The fourth-order valence-electron chi connectivity index (χ4n) is 2.95. The largest absolute Gasteiger partial charge is 0.379 e. The van der Waals surface area contributed by atoms with E-state index in [4.69, 9.17) is 10.8 Å². The minimum atomic E-state index is -0.942. The Morgan fingerprint density at radius 1 is 0.760 bits per heavy atom. The van der Waals surface area contributed by atoms with Crippen LogP contribution < -0.4 is 11.1 Å². The van der Waals surface area contributed by atoms with Crippen LogP contribution in [0.1, 0.15) is 103 Å². The number of hydrogen-bond acceptors (Lipinski definition) is 4. The highest BCUT2D eigenvalue weighted by molar-refractivity contribution is 4.81. The van der Waals surface area contributed by atoms with E-state index in [2.05, 4.69) is 24.4 Å². The zero-order valence-electron chi connectivity index (χ0n) is 16.6. The number of rotatable bonds is 19. The predicted octanol–water partition coefficient (Wildman–Crippen LogP) is 4.60. The standard InChI is InChI=1S/C21H44N2O2/c1-2-3-4-5-6-7-8-9-10-11-12-13-14-15-16-17-18-23-21(25)19-20(22)24/h9-10,20-21,23-25H,2-8,11-19,22H2,1H3/b10-9-. The van der Waals surface area contributed by atoms with E-state index in [-0.39, 0.29) is 6.42 Å². The Morgan fingerprint density at radius 3 is 1.76 bits per heavy atom. The van der Waals surface area contributed by atoms with E-state index in [0.717, 1.165) is 13.0 Å². The molecule has 150 valence electrons. The van der Waals surface area contributed by atoms with Crippen LogP contribution in [0.5, 0.6) is 0 Å². The van der Waals surface area contributed by atoms with Gasteiger partial charge in [0.15, 0.2) is 0 Å². The van der Waals surface area contributed by atoms with Gasteiger partial charge in [-0.1, -0.05) is 76.9 Å². The molecule has 0 aromatic rings. The van der Waals surface area contributed by atoms with Gasteiger partial charge in [-0.2, -0.15) is 0 Å². The van der Waals surface area contributed by atoms with Crippen molar-refractivity contribution in [1.82, 2.24) is 5.32 Å². The van der Waals surface area contributed by atoms with E-state index in [1.165, 1.54) is 83.5 Å². The fraction of sp³-hybridized carbons (Fsp3) is 0.905. The summed E-state index contributed by atoms with van der Waals surface area (Å²) in [5.74, 6) is 0. The molecule has 4 heteroatoms. The highest BCUT2D eigenvalue weighted by Gasteiger charge is 2.06. The average Bonchev–Trinajstić information content (AvgIpc) is 2.57. The summed E-state index contributed by atoms with van der Waals surface area (Å²) < 4.78 is 0. The van der Waals surface area contributed by atoms with E-state index in [0.29, 0.717) is 0 Å². The Bertz CT molecular complexity index is 283. The Labute approximate surface area is 156 Å². The topological polar surface area (TPSA) is 78.5 Å². The first kappa shape index (κ1) is 24.6. The minimum Gasteiger partial charge on any atom is -0.379 e. The molecule has 2 atom stereocenters. The molecule has 2 unspecified atom stereocenters. The number of aliphatic hydroxyl groups is 2. The predicted molar refractivity (Wildman–Crippen MR) is 108 cm³/mol. The molecule has 0 radical (unpaired) electrons. The third-order valence-electron chi connectivity index (χ3n) is 4.53. The molecule has 0 heterocycles. The van der Waals surface area contributed by atoms with Gasteiger partial charge < -0.3 is 15.9 Å². The Morgan fingerprint density at radius 2 is 1.24 bits per heavy atom. The molecule has 0 amide bonds. The molecule has 0 saturated carbocycles. The van der Waals surface area contributed by atoms with Gasteiger partial charge in [0.2, 0.25) is 0 Å². The van der Waals surface area contributed by atoms with Crippen LogP contribution in [-0.2, 0) is 0 Å². The molecule has 0 aromatic carbocycles. The third kappa shape index (κ3) is 21.5. The lowest BCUT2D eigenvalue weighted by Gasteiger charge is -2.13. The maximum atomic E-state index is 9.49. The summed E-state index contributed by atoms with van der Waals surface area (Å²) >= 11 is 0. The van der Waals surface area contributed by atoms with Crippen LogP contribution in [0.2, 0.25) is 0 Å². The first-order valence-corrected chi connectivity index (χ1v) is 10.7. The number of aliphatic hydroxyl groups excluding tert-OH is 2. The van der Waals surface area contributed by atoms with Crippen molar-refractivity contribution in [1.29, 1.82) is 0 Å². The second-order valence-electron chi connectivity index (χ2n) is 7.21. The summed E-state index contributed by atoms with van der Waals surface area (Å²) in [5, 5.41) is 21.4. The summed E-state index contributed by atoms with van der Waals surface area (Å²) in [5.41, 5.74) is 5.21. The van der Waals surface area contributed by atoms with Crippen molar-refractivity contribution in [2.45, 2.75) is 116 Å². The summed E-state index contributed by atoms with van der Waals surface area (Å²) in [7, 11) is 0. The fourth-order valence-corrected chi connectivity index (χ4v) is 2.95. The van der Waals surface area contributed by atoms with Crippen molar-refractivity contribution < 1.29 is 10.2 Å². The van der Waals surface area contributed by atoms with Crippen molar-refractivity contribution in [3.05, 3.63) is 12.2 Å². The lowest BCUT2D eigenvalue weighted by molar-refractivity contribution is 0.0634. The second-order valence-corrected chi connectivity index (χ2v) is 7.21. The van der Waals surface area contributed by atoms with E-state index >= 15 is 0 Å². The van der Waals surface area contributed by atoms with Gasteiger partial charge in [-0.05, 0) is 38.6 Å². The molecule has 25 heavy (non-hydrogen) atoms. The molecular weight excluding hydrogens is 312 g/mol. The van der Waals surface area contributed by atoms with Gasteiger partial charge in [0.25, 0.3) is 0 Å². The van der Waals surface area contributed by atoms with Crippen LogP contribution in [0.4, 0.5) is 0 Å². The molecule has 4 nitrogen and oxygen atoms in total. The summed E-state index contributed by atoms with van der Waals surface area (Å²) in [6.45, 7) is 3.05. The van der Waals surface area contributed by atoms with Crippen molar-refractivity contribution in [3.8, 4) is 0 Å². The quantitative estimate of drug-likeness (QED) is 0.155. The Balaban J connectivity index is 3.14. The molecule has 0 aliphatic rings. The second kappa shape index (κ2) is 19.9. The van der Waals surface area contributed by atoms with E-state index in [9.17, 15) is 5.11 Å². The lowest BCUT2D eigenvalue weighted by atomic mass is 10.1. The van der Waals surface area contributed by atoms with Gasteiger partial charge in [-0.25, -0.2) is 0 Å². The van der Waals surface area contributed by atoms with Crippen LogP contribution in [0, 0.1) is 0 Å². The van der Waals surface area contributed by atoms with Crippen LogP contribution in [0.15, 0.2) is 12.2 Å². The molecular formula is C21H44N2O2. The molecule has 0 rings (SSSR count). The maximum Gasteiger partial charge on any atom is 0.108 e. The van der Waals surface area contributed by atoms with Gasteiger partial charge in [-0.3, -0.25) is 5.32 Å². The molecule has 0 saturated heterocycles. The first-order chi connectivity index (χ1) is 12.2. The van der Waals surface area contributed by atoms with Crippen LogP contribution >= 0.6 is 0 Å².